The predicted molar refractivity (Wildman–Crippen MR) is 123 cm³/mol. The van der Waals surface area contributed by atoms with Gasteiger partial charge in [-0.25, -0.2) is 0 Å². The van der Waals surface area contributed by atoms with Crippen molar-refractivity contribution in [2.75, 3.05) is 12.9 Å². The van der Waals surface area contributed by atoms with Crippen LogP contribution < -0.4 is 10.1 Å². The molecule has 1 N–H and O–H groups in total. The maximum Gasteiger partial charge on any atom is 0.242 e. The fraction of sp³-hybridized carbons (Fsp3) is 0.417. The summed E-state index contributed by atoms with van der Waals surface area (Å²) in [4.78, 5) is 28.6. The third-order valence-corrected chi connectivity index (χ3v) is 6.00. The van der Waals surface area contributed by atoms with Gasteiger partial charge in [-0.15, -0.1) is 11.8 Å². The van der Waals surface area contributed by atoms with Crippen LogP contribution in [0.1, 0.15) is 39.2 Å². The zero-order valence-electron chi connectivity index (χ0n) is 18.3. The van der Waals surface area contributed by atoms with E-state index in [1.807, 2.05) is 68.4 Å². The average molecular weight is 429 g/mol. The Hall–Kier alpha value is -2.47. The van der Waals surface area contributed by atoms with Crippen LogP contribution in [0.2, 0.25) is 0 Å². The Morgan fingerprint density at radius 1 is 1.10 bits per heavy atom. The van der Waals surface area contributed by atoms with Crippen molar-refractivity contribution in [1.29, 1.82) is 0 Å². The number of carbonyl (C=O) groups excluding carboxylic acids is 2. The number of thioether (sulfide) groups is 1. The van der Waals surface area contributed by atoms with Gasteiger partial charge in [0.1, 0.15) is 11.8 Å². The number of amides is 2. The molecule has 0 radical (unpaired) electrons. The quantitative estimate of drug-likeness (QED) is 0.535. The average Bonchev–Trinajstić information content (AvgIpc) is 2.77. The third kappa shape index (κ3) is 7.41. The lowest BCUT2D eigenvalue weighted by molar-refractivity contribution is -0.140. The summed E-state index contributed by atoms with van der Waals surface area (Å²) in [7, 11) is 1.62. The van der Waals surface area contributed by atoms with Crippen LogP contribution in [-0.4, -0.2) is 41.7 Å². The van der Waals surface area contributed by atoms with Crippen molar-refractivity contribution in [2.24, 2.45) is 0 Å². The lowest BCUT2D eigenvalue weighted by Gasteiger charge is -2.30. The number of nitrogens with one attached hydrogen (secondary N) is 1. The van der Waals surface area contributed by atoms with Crippen molar-refractivity contribution >= 4 is 23.6 Å². The van der Waals surface area contributed by atoms with Gasteiger partial charge in [0.15, 0.2) is 0 Å². The van der Waals surface area contributed by atoms with Gasteiger partial charge in [0.2, 0.25) is 11.8 Å². The molecule has 2 atom stereocenters. The molecule has 30 heavy (non-hydrogen) atoms. The van der Waals surface area contributed by atoms with E-state index in [4.69, 9.17) is 4.74 Å². The standard InChI is InChI=1S/C24H32N2O3S/c1-5-18(2)25-24(28)19(3)26(17-20-10-9-11-21(16-20)29-4)23(27)14-15-30-22-12-7-6-8-13-22/h6-13,16,18-19H,5,14-15,17H2,1-4H3,(H,25,28)/t18-,19+/m0/s1. The number of nitrogens with zero attached hydrogens (tertiary/aromatic N) is 1. The molecule has 6 heteroatoms. The summed E-state index contributed by atoms with van der Waals surface area (Å²) in [6.45, 7) is 6.15. The molecule has 0 aromatic heterocycles. The zero-order chi connectivity index (χ0) is 21.9. The first-order valence-electron chi connectivity index (χ1n) is 10.3. The van der Waals surface area contributed by atoms with E-state index in [0.29, 0.717) is 18.7 Å². The minimum atomic E-state index is -0.556. The Labute approximate surface area is 184 Å². The SMILES string of the molecule is CC[C@H](C)NC(=O)[C@@H](C)N(Cc1cccc(OC)c1)C(=O)CCSc1ccccc1. The summed E-state index contributed by atoms with van der Waals surface area (Å²) in [5, 5.41) is 2.99. The van der Waals surface area contributed by atoms with Crippen LogP contribution in [0, 0.1) is 0 Å². The van der Waals surface area contributed by atoms with Crippen molar-refractivity contribution < 1.29 is 14.3 Å². The van der Waals surface area contributed by atoms with E-state index in [-0.39, 0.29) is 17.9 Å². The molecule has 0 aliphatic heterocycles. The second-order valence-electron chi connectivity index (χ2n) is 7.28. The number of hydrogen-bond acceptors (Lipinski definition) is 4. The first kappa shape index (κ1) is 23.8. The molecular formula is C24H32N2O3S. The molecule has 0 saturated carbocycles. The Balaban J connectivity index is 2.09. The van der Waals surface area contributed by atoms with E-state index in [1.54, 1.807) is 30.7 Å². The molecule has 0 unspecified atom stereocenters. The molecule has 0 fully saturated rings. The molecule has 0 spiro atoms. The molecule has 0 bridgehead atoms. The molecule has 0 aliphatic carbocycles. The molecule has 2 rings (SSSR count). The normalized spacial score (nSPS) is 12.7. The highest BCUT2D eigenvalue weighted by Gasteiger charge is 2.26. The Morgan fingerprint density at radius 3 is 2.50 bits per heavy atom. The first-order valence-corrected chi connectivity index (χ1v) is 11.3. The molecule has 0 heterocycles. The fourth-order valence-corrected chi connectivity index (χ4v) is 3.79. The number of ether oxygens (including phenoxy) is 1. The van der Waals surface area contributed by atoms with E-state index in [9.17, 15) is 9.59 Å². The van der Waals surface area contributed by atoms with Gasteiger partial charge in [-0.05, 0) is 50.1 Å². The summed E-state index contributed by atoms with van der Waals surface area (Å²) in [6.07, 6.45) is 1.21. The Bertz CT molecular complexity index is 813. The maximum atomic E-state index is 13.1. The Kier molecular flexibility index (Phi) is 9.74. The van der Waals surface area contributed by atoms with E-state index in [0.717, 1.165) is 22.6 Å². The first-order chi connectivity index (χ1) is 14.4. The van der Waals surface area contributed by atoms with E-state index in [2.05, 4.69) is 5.32 Å². The summed E-state index contributed by atoms with van der Waals surface area (Å²) < 4.78 is 5.30. The number of rotatable bonds is 11. The van der Waals surface area contributed by atoms with Crippen LogP contribution in [0.3, 0.4) is 0 Å². The number of carbonyl (C=O) groups is 2. The van der Waals surface area contributed by atoms with Crippen LogP contribution in [0.15, 0.2) is 59.5 Å². The van der Waals surface area contributed by atoms with Crippen molar-refractivity contribution in [2.45, 2.75) is 57.1 Å². The van der Waals surface area contributed by atoms with Gasteiger partial charge in [-0.1, -0.05) is 37.3 Å². The summed E-state index contributed by atoms with van der Waals surface area (Å²) >= 11 is 1.64. The van der Waals surface area contributed by atoms with Crippen molar-refractivity contribution in [3.8, 4) is 5.75 Å². The second-order valence-corrected chi connectivity index (χ2v) is 8.45. The van der Waals surface area contributed by atoms with Gasteiger partial charge >= 0.3 is 0 Å². The van der Waals surface area contributed by atoms with Crippen molar-refractivity contribution in [1.82, 2.24) is 10.2 Å². The zero-order valence-corrected chi connectivity index (χ0v) is 19.1. The molecule has 0 saturated heterocycles. The lowest BCUT2D eigenvalue weighted by atomic mass is 10.1. The van der Waals surface area contributed by atoms with Crippen LogP contribution in [0.5, 0.6) is 5.75 Å². The topological polar surface area (TPSA) is 58.6 Å². The maximum absolute atomic E-state index is 13.1. The molecule has 5 nitrogen and oxygen atoms in total. The van der Waals surface area contributed by atoms with E-state index >= 15 is 0 Å². The van der Waals surface area contributed by atoms with Gasteiger partial charge in [0.05, 0.1) is 7.11 Å². The monoisotopic (exact) mass is 428 g/mol. The van der Waals surface area contributed by atoms with Crippen molar-refractivity contribution in [3.05, 3.63) is 60.2 Å². The highest BCUT2D eigenvalue weighted by molar-refractivity contribution is 7.99. The molecule has 162 valence electrons. The molecular weight excluding hydrogens is 396 g/mol. The molecule has 2 amide bonds. The minimum Gasteiger partial charge on any atom is -0.497 e. The molecule has 2 aromatic carbocycles. The van der Waals surface area contributed by atoms with Gasteiger partial charge in [0.25, 0.3) is 0 Å². The number of hydrogen-bond donors (Lipinski definition) is 1. The van der Waals surface area contributed by atoms with Crippen LogP contribution >= 0.6 is 11.8 Å². The number of methoxy groups -OCH3 is 1. The smallest absolute Gasteiger partial charge is 0.242 e. The highest BCUT2D eigenvalue weighted by Crippen LogP contribution is 2.20. The minimum absolute atomic E-state index is 0.0342. The fourth-order valence-electron chi connectivity index (χ4n) is 2.93. The number of benzene rings is 2. The lowest BCUT2D eigenvalue weighted by Crippen LogP contribution is -2.49. The van der Waals surface area contributed by atoms with Gasteiger partial charge in [0, 0.05) is 29.7 Å². The van der Waals surface area contributed by atoms with E-state index < -0.39 is 6.04 Å². The largest absolute Gasteiger partial charge is 0.497 e. The van der Waals surface area contributed by atoms with Gasteiger partial charge in [-0.3, -0.25) is 9.59 Å². The highest BCUT2D eigenvalue weighted by atomic mass is 32.2. The van der Waals surface area contributed by atoms with Crippen LogP contribution in [-0.2, 0) is 16.1 Å². The van der Waals surface area contributed by atoms with Crippen LogP contribution in [0.4, 0.5) is 0 Å². The molecule has 0 aliphatic rings. The summed E-state index contributed by atoms with van der Waals surface area (Å²) in [5.41, 5.74) is 0.932. The van der Waals surface area contributed by atoms with Crippen molar-refractivity contribution in [3.63, 3.8) is 0 Å². The van der Waals surface area contributed by atoms with Gasteiger partial charge < -0.3 is 15.0 Å². The Morgan fingerprint density at radius 2 is 1.83 bits per heavy atom. The van der Waals surface area contributed by atoms with Crippen LogP contribution in [0.25, 0.3) is 0 Å². The third-order valence-electron chi connectivity index (χ3n) is 4.98. The molecule has 2 aromatic rings. The van der Waals surface area contributed by atoms with Gasteiger partial charge in [-0.2, -0.15) is 0 Å². The second kappa shape index (κ2) is 12.3. The summed E-state index contributed by atoms with van der Waals surface area (Å²) in [6, 6.07) is 17.1. The predicted octanol–water partition coefficient (Wildman–Crippen LogP) is 4.51. The van der Waals surface area contributed by atoms with E-state index in [1.165, 1.54) is 0 Å². The summed E-state index contributed by atoms with van der Waals surface area (Å²) in [5.74, 6) is 1.23.